The van der Waals surface area contributed by atoms with E-state index in [4.69, 9.17) is 12.2 Å². The van der Waals surface area contributed by atoms with Crippen LogP contribution in [0, 0.1) is 17.0 Å². The van der Waals surface area contributed by atoms with E-state index in [-0.39, 0.29) is 5.69 Å². The number of rotatable bonds is 4. The second-order valence-corrected chi connectivity index (χ2v) is 4.43. The van der Waals surface area contributed by atoms with Crippen LogP contribution < -0.4 is 10.6 Å². The van der Waals surface area contributed by atoms with Crippen molar-refractivity contribution in [2.24, 2.45) is 0 Å². The van der Waals surface area contributed by atoms with Crippen molar-refractivity contribution in [3.05, 3.63) is 46.0 Å². The zero-order valence-corrected chi connectivity index (χ0v) is 11.1. The Morgan fingerprint density at radius 1 is 1.56 bits per heavy atom. The van der Waals surface area contributed by atoms with E-state index in [1.807, 2.05) is 13.8 Å². The minimum atomic E-state index is -0.436. The van der Waals surface area contributed by atoms with E-state index in [9.17, 15) is 10.1 Å². The molecule has 0 aliphatic heterocycles. The smallest absolute Gasteiger partial charge is 0.271 e. The van der Waals surface area contributed by atoms with E-state index in [0.29, 0.717) is 17.3 Å². The van der Waals surface area contributed by atoms with Gasteiger partial charge in [0.25, 0.3) is 5.69 Å². The van der Waals surface area contributed by atoms with E-state index in [1.54, 1.807) is 6.07 Å². The van der Waals surface area contributed by atoms with Gasteiger partial charge >= 0.3 is 0 Å². The fourth-order valence-electron chi connectivity index (χ4n) is 1.26. The molecule has 1 aromatic rings. The Kier molecular flexibility index (Phi) is 4.79. The zero-order chi connectivity index (χ0) is 13.7. The number of nitrogens with zero attached hydrogens (tertiary/aromatic N) is 1. The van der Waals surface area contributed by atoms with Crippen LogP contribution in [0.2, 0.25) is 0 Å². The number of anilines is 1. The molecule has 0 amide bonds. The topological polar surface area (TPSA) is 67.2 Å². The average molecular weight is 265 g/mol. The van der Waals surface area contributed by atoms with Crippen molar-refractivity contribution in [1.29, 1.82) is 0 Å². The predicted molar refractivity (Wildman–Crippen MR) is 76.9 cm³/mol. The van der Waals surface area contributed by atoms with Gasteiger partial charge in [-0.15, -0.1) is 0 Å². The predicted octanol–water partition coefficient (Wildman–Crippen LogP) is 2.77. The van der Waals surface area contributed by atoms with Crippen LogP contribution in [-0.2, 0) is 0 Å². The summed E-state index contributed by atoms with van der Waals surface area (Å²) in [5, 5.41) is 17.0. The molecule has 1 rings (SSSR count). The Hall–Kier alpha value is -1.95. The lowest BCUT2D eigenvalue weighted by Crippen LogP contribution is -2.29. The van der Waals surface area contributed by atoms with Gasteiger partial charge in [-0.1, -0.05) is 18.2 Å². The van der Waals surface area contributed by atoms with Crippen LogP contribution in [-0.4, -0.2) is 16.6 Å². The standard InChI is InChI=1S/C12H15N3O2S/c1-8(2)7-13-12(18)14-11-6-10(15(16)17)5-4-9(11)3/h4-6H,1,7H2,2-3H3,(H2,13,14,18). The molecular formula is C12H15N3O2S. The van der Waals surface area contributed by atoms with E-state index in [1.165, 1.54) is 12.1 Å². The largest absolute Gasteiger partial charge is 0.359 e. The third kappa shape index (κ3) is 4.14. The van der Waals surface area contributed by atoms with Gasteiger partial charge in [-0.05, 0) is 31.6 Å². The Morgan fingerprint density at radius 3 is 2.78 bits per heavy atom. The van der Waals surface area contributed by atoms with Gasteiger partial charge in [0, 0.05) is 24.4 Å². The van der Waals surface area contributed by atoms with Crippen molar-refractivity contribution in [1.82, 2.24) is 5.32 Å². The summed E-state index contributed by atoms with van der Waals surface area (Å²) in [5.74, 6) is 0. The molecule has 0 aliphatic carbocycles. The van der Waals surface area contributed by atoms with Crippen LogP contribution in [0.1, 0.15) is 12.5 Å². The van der Waals surface area contributed by atoms with Crippen molar-refractivity contribution < 1.29 is 4.92 Å². The molecular weight excluding hydrogens is 250 g/mol. The van der Waals surface area contributed by atoms with Gasteiger partial charge < -0.3 is 10.6 Å². The molecule has 0 aromatic heterocycles. The highest BCUT2D eigenvalue weighted by Crippen LogP contribution is 2.21. The number of thiocarbonyl (C=S) groups is 1. The lowest BCUT2D eigenvalue weighted by Gasteiger charge is -2.12. The first-order valence-electron chi connectivity index (χ1n) is 5.34. The maximum Gasteiger partial charge on any atom is 0.271 e. The van der Waals surface area contributed by atoms with Crippen LogP contribution in [0.4, 0.5) is 11.4 Å². The van der Waals surface area contributed by atoms with Crippen LogP contribution in [0.5, 0.6) is 0 Å². The molecule has 0 heterocycles. The van der Waals surface area contributed by atoms with Crippen LogP contribution in [0.15, 0.2) is 30.4 Å². The number of nitrogens with one attached hydrogen (secondary N) is 2. The third-order valence-corrected chi connectivity index (χ3v) is 2.48. The summed E-state index contributed by atoms with van der Waals surface area (Å²) < 4.78 is 0. The average Bonchev–Trinajstić information content (AvgIpc) is 2.29. The number of hydrogen-bond acceptors (Lipinski definition) is 3. The van der Waals surface area contributed by atoms with Gasteiger partial charge in [-0.25, -0.2) is 0 Å². The molecule has 0 saturated carbocycles. The zero-order valence-electron chi connectivity index (χ0n) is 10.3. The lowest BCUT2D eigenvalue weighted by molar-refractivity contribution is -0.384. The Bertz CT molecular complexity index is 500. The second-order valence-electron chi connectivity index (χ2n) is 4.02. The fourth-order valence-corrected chi connectivity index (χ4v) is 1.44. The normalized spacial score (nSPS) is 9.67. The van der Waals surface area contributed by atoms with E-state index in [0.717, 1.165) is 11.1 Å². The quantitative estimate of drug-likeness (QED) is 0.379. The summed E-state index contributed by atoms with van der Waals surface area (Å²) in [5.41, 5.74) is 2.50. The molecule has 2 N–H and O–H groups in total. The van der Waals surface area contributed by atoms with Crippen LogP contribution >= 0.6 is 12.2 Å². The molecule has 96 valence electrons. The van der Waals surface area contributed by atoms with Crippen molar-refractivity contribution in [3.63, 3.8) is 0 Å². The minimum Gasteiger partial charge on any atom is -0.359 e. The monoisotopic (exact) mass is 265 g/mol. The van der Waals surface area contributed by atoms with E-state index >= 15 is 0 Å². The summed E-state index contributed by atoms with van der Waals surface area (Å²) in [7, 11) is 0. The molecule has 1 aromatic carbocycles. The highest BCUT2D eigenvalue weighted by molar-refractivity contribution is 7.80. The molecule has 18 heavy (non-hydrogen) atoms. The van der Waals surface area contributed by atoms with E-state index < -0.39 is 4.92 Å². The number of hydrogen-bond donors (Lipinski definition) is 2. The first-order chi connectivity index (χ1) is 8.40. The highest BCUT2D eigenvalue weighted by Gasteiger charge is 2.09. The fraction of sp³-hybridized carbons (Fsp3) is 0.250. The molecule has 0 atom stereocenters. The molecule has 5 nitrogen and oxygen atoms in total. The number of non-ortho nitro benzene ring substituents is 1. The van der Waals surface area contributed by atoms with Gasteiger partial charge in [-0.2, -0.15) is 0 Å². The maximum atomic E-state index is 10.7. The van der Waals surface area contributed by atoms with Crippen molar-refractivity contribution in [2.45, 2.75) is 13.8 Å². The minimum absolute atomic E-state index is 0.0331. The number of aryl methyl sites for hydroxylation is 1. The van der Waals surface area contributed by atoms with Gasteiger partial charge in [0.2, 0.25) is 0 Å². The molecule has 0 unspecified atom stereocenters. The number of benzene rings is 1. The second kappa shape index (κ2) is 6.11. The van der Waals surface area contributed by atoms with Crippen LogP contribution in [0.3, 0.4) is 0 Å². The summed E-state index contributed by atoms with van der Waals surface area (Å²) in [6, 6.07) is 4.61. The number of nitro groups is 1. The van der Waals surface area contributed by atoms with Crippen molar-refractivity contribution in [3.8, 4) is 0 Å². The molecule has 6 heteroatoms. The highest BCUT2D eigenvalue weighted by atomic mass is 32.1. The van der Waals surface area contributed by atoms with Crippen LogP contribution in [0.25, 0.3) is 0 Å². The third-order valence-electron chi connectivity index (χ3n) is 2.23. The summed E-state index contributed by atoms with van der Waals surface area (Å²) in [4.78, 5) is 10.2. The summed E-state index contributed by atoms with van der Waals surface area (Å²) in [6.07, 6.45) is 0. The molecule has 0 radical (unpaired) electrons. The Morgan fingerprint density at radius 2 is 2.22 bits per heavy atom. The Labute approximate surface area is 111 Å². The Balaban J connectivity index is 2.77. The molecule has 0 fully saturated rings. The van der Waals surface area contributed by atoms with Gasteiger partial charge in [0.15, 0.2) is 5.11 Å². The molecule has 0 spiro atoms. The first kappa shape index (κ1) is 14.1. The van der Waals surface area contributed by atoms with Crippen molar-refractivity contribution >= 4 is 28.7 Å². The SMILES string of the molecule is C=C(C)CNC(=S)Nc1cc([N+](=O)[O-])ccc1C. The first-order valence-corrected chi connectivity index (χ1v) is 5.75. The maximum absolute atomic E-state index is 10.7. The summed E-state index contributed by atoms with van der Waals surface area (Å²) >= 11 is 5.09. The molecule has 0 saturated heterocycles. The van der Waals surface area contributed by atoms with Gasteiger partial charge in [0.05, 0.1) is 4.92 Å². The lowest BCUT2D eigenvalue weighted by atomic mass is 10.2. The van der Waals surface area contributed by atoms with Crippen molar-refractivity contribution in [2.75, 3.05) is 11.9 Å². The van der Waals surface area contributed by atoms with E-state index in [2.05, 4.69) is 17.2 Å². The van der Waals surface area contributed by atoms with Gasteiger partial charge in [-0.3, -0.25) is 10.1 Å². The van der Waals surface area contributed by atoms with Gasteiger partial charge in [0.1, 0.15) is 0 Å². The number of nitro benzene ring substituents is 1. The summed E-state index contributed by atoms with van der Waals surface area (Å²) in [6.45, 7) is 8.06. The molecule has 0 aliphatic rings. The molecule has 0 bridgehead atoms.